The SMILES string of the molecule is COc1ccc2c(O[C@@H]3C[C@H]4C(=O)N[C@]5(C(=O)NS(=O)(=O)C6CC6)C[C@H]5C=CCCCCC[C@H](NC(=O)N5CCCCC5)C(=O)N4C3)cc(-c3nc(C(C)C)cs3)nc2c1C. The number of nitrogens with zero attached hydrogens (tertiary/aromatic N) is 4. The summed E-state index contributed by atoms with van der Waals surface area (Å²) in [6.45, 7) is 7.34. The number of benzene rings is 1. The number of allylic oxidation sites excluding steroid dienone is 1. The Morgan fingerprint density at radius 2 is 1.79 bits per heavy atom. The molecule has 2 aliphatic carbocycles. The number of pyridine rings is 1. The highest BCUT2D eigenvalue weighted by atomic mass is 32.2. The molecule has 328 valence electrons. The van der Waals surface area contributed by atoms with Crippen LogP contribution in [0.3, 0.4) is 0 Å². The summed E-state index contributed by atoms with van der Waals surface area (Å²) in [5, 5.41) is 8.82. The number of hydrogen-bond donors (Lipinski definition) is 3. The van der Waals surface area contributed by atoms with Crippen LogP contribution in [0.5, 0.6) is 11.5 Å². The molecular formula is C44H57N7O8S2. The van der Waals surface area contributed by atoms with E-state index in [0.29, 0.717) is 67.9 Å². The van der Waals surface area contributed by atoms with Gasteiger partial charge in [0.05, 0.1) is 30.1 Å². The average Bonchev–Trinajstić information content (AvgIpc) is 4.12. The molecule has 2 saturated carbocycles. The molecule has 0 spiro atoms. The molecule has 4 fully saturated rings. The lowest BCUT2D eigenvalue weighted by molar-refractivity contribution is -0.141. The lowest BCUT2D eigenvalue weighted by atomic mass is 10.0. The lowest BCUT2D eigenvalue weighted by Crippen LogP contribution is -2.59. The van der Waals surface area contributed by atoms with Crippen LogP contribution in [0.2, 0.25) is 0 Å². The summed E-state index contributed by atoms with van der Waals surface area (Å²) in [7, 11) is -2.30. The third kappa shape index (κ3) is 9.09. The Morgan fingerprint density at radius 1 is 1.02 bits per heavy atom. The first kappa shape index (κ1) is 42.9. The molecule has 5 heterocycles. The number of urea groups is 1. The number of hydrogen-bond acceptors (Lipinski definition) is 11. The number of aryl methyl sites for hydroxylation is 1. The van der Waals surface area contributed by atoms with Crippen LogP contribution in [0, 0.1) is 12.8 Å². The molecule has 15 nitrogen and oxygen atoms in total. The number of piperidine rings is 1. The van der Waals surface area contributed by atoms with Gasteiger partial charge in [-0.1, -0.05) is 38.8 Å². The van der Waals surface area contributed by atoms with Crippen LogP contribution in [0.25, 0.3) is 21.6 Å². The fourth-order valence-electron chi connectivity index (χ4n) is 8.84. The molecule has 3 aromatic rings. The molecular weight excluding hydrogens is 819 g/mol. The Kier molecular flexibility index (Phi) is 12.3. The van der Waals surface area contributed by atoms with Crippen molar-refractivity contribution in [3.63, 3.8) is 0 Å². The van der Waals surface area contributed by atoms with E-state index in [9.17, 15) is 27.6 Å². The van der Waals surface area contributed by atoms with Gasteiger partial charge in [0.15, 0.2) is 0 Å². The normalized spacial score (nSPS) is 26.2. The molecule has 2 aromatic heterocycles. The highest BCUT2D eigenvalue weighted by Gasteiger charge is 2.62. The second-order valence-electron chi connectivity index (χ2n) is 17.6. The van der Waals surface area contributed by atoms with Crippen LogP contribution in [-0.2, 0) is 24.4 Å². The predicted octanol–water partition coefficient (Wildman–Crippen LogP) is 5.71. The minimum absolute atomic E-state index is 0.0224. The standard InChI is InChI=1S/C44H57N7O8S2/c1-26(2)34-25-60-40(46-34)33-22-37(31-17-18-36(58-4)27(3)38(31)45-33)59-29-21-35-39(52)48-44(42(54)49-61(56,57)30-15-16-30)23-28(44)13-9-6-5-7-10-14-32(41(53)51(35)24-29)47-43(55)50-19-11-8-12-20-50/h9,13,17-18,22,25-26,28-30,32,35H,5-8,10-12,14-16,19-21,23-24H2,1-4H3,(H,47,55)(H,48,52)(H,49,54)/t28-,29-,32+,35+,44-/m1/s1. The van der Waals surface area contributed by atoms with Gasteiger partial charge in [-0.05, 0) is 82.8 Å². The summed E-state index contributed by atoms with van der Waals surface area (Å²) in [6.07, 6.45) is 10.7. The Morgan fingerprint density at radius 3 is 2.51 bits per heavy atom. The van der Waals surface area contributed by atoms with E-state index in [0.717, 1.165) is 53.8 Å². The van der Waals surface area contributed by atoms with Gasteiger partial charge < -0.3 is 29.9 Å². The van der Waals surface area contributed by atoms with Crippen LogP contribution in [0.1, 0.15) is 108 Å². The van der Waals surface area contributed by atoms with Gasteiger partial charge in [-0.3, -0.25) is 19.1 Å². The fourth-order valence-corrected chi connectivity index (χ4v) is 11.1. The van der Waals surface area contributed by atoms with Crippen molar-refractivity contribution in [2.24, 2.45) is 5.92 Å². The van der Waals surface area contributed by atoms with Crippen molar-refractivity contribution in [1.29, 1.82) is 0 Å². The van der Waals surface area contributed by atoms with E-state index < -0.39 is 62.6 Å². The number of carbonyl (C=O) groups is 4. The summed E-state index contributed by atoms with van der Waals surface area (Å²) in [5.41, 5.74) is 1.54. The van der Waals surface area contributed by atoms with Crippen molar-refractivity contribution >= 4 is 56.0 Å². The maximum absolute atomic E-state index is 14.9. The van der Waals surface area contributed by atoms with Crippen molar-refractivity contribution < 1.29 is 37.1 Å². The molecule has 0 bridgehead atoms. The summed E-state index contributed by atoms with van der Waals surface area (Å²) in [6, 6.07) is 3.29. The van der Waals surface area contributed by atoms with E-state index in [2.05, 4.69) is 29.2 Å². The summed E-state index contributed by atoms with van der Waals surface area (Å²) in [4.78, 5) is 70.2. The van der Waals surface area contributed by atoms with Crippen LogP contribution < -0.4 is 24.8 Å². The summed E-state index contributed by atoms with van der Waals surface area (Å²) in [5.74, 6) is -0.810. The van der Waals surface area contributed by atoms with Crippen LogP contribution >= 0.6 is 11.3 Å². The van der Waals surface area contributed by atoms with Gasteiger partial charge in [0.25, 0.3) is 5.91 Å². The maximum atomic E-state index is 14.9. The zero-order valence-electron chi connectivity index (χ0n) is 35.4. The summed E-state index contributed by atoms with van der Waals surface area (Å²) < 4.78 is 40.7. The molecule has 5 aliphatic rings. The number of carbonyl (C=O) groups excluding carboxylic acids is 4. The third-order valence-corrected chi connectivity index (χ3v) is 15.5. The van der Waals surface area contributed by atoms with Gasteiger partial charge in [-0.2, -0.15) is 0 Å². The van der Waals surface area contributed by atoms with Crippen molar-refractivity contribution in [2.45, 2.75) is 133 Å². The first-order chi connectivity index (χ1) is 29.3. The van der Waals surface area contributed by atoms with Gasteiger partial charge in [0.1, 0.15) is 45.9 Å². The monoisotopic (exact) mass is 875 g/mol. The zero-order valence-corrected chi connectivity index (χ0v) is 37.0. The van der Waals surface area contributed by atoms with Gasteiger partial charge in [-0.25, -0.2) is 23.2 Å². The van der Waals surface area contributed by atoms with E-state index in [-0.39, 0.29) is 31.3 Å². The van der Waals surface area contributed by atoms with Crippen LogP contribution in [0.15, 0.2) is 35.7 Å². The topological polar surface area (TPSA) is 189 Å². The largest absolute Gasteiger partial charge is 0.496 e. The van der Waals surface area contributed by atoms with E-state index >= 15 is 0 Å². The molecule has 3 N–H and O–H groups in total. The lowest BCUT2D eigenvalue weighted by Gasteiger charge is -2.32. The molecule has 2 saturated heterocycles. The number of aromatic nitrogens is 2. The van der Waals surface area contributed by atoms with Crippen molar-refractivity contribution in [1.82, 2.24) is 35.1 Å². The van der Waals surface area contributed by atoms with Crippen molar-refractivity contribution in [3.05, 3.63) is 47.0 Å². The number of rotatable bonds is 9. The highest BCUT2D eigenvalue weighted by Crippen LogP contribution is 2.46. The number of sulfonamides is 1. The predicted molar refractivity (Wildman–Crippen MR) is 232 cm³/mol. The second-order valence-corrected chi connectivity index (χ2v) is 20.4. The second kappa shape index (κ2) is 17.5. The maximum Gasteiger partial charge on any atom is 0.318 e. The average molecular weight is 876 g/mol. The summed E-state index contributed by atoms with van der Waals surface area (Å²) >= 11 is 1.49. The third-order valence-electron chi connectivity index (χ3n) is 12.8. The Hall–Kier alpha value is -4.77. The molecule has 0 unspecified atom stereocenters. The Balaban J connectivity index is 1.14. The van der Waals surface area contributed by atoms with Crippen molar-refractivity contribution in [3.8, 4) is 22.2 Å². The molecule has 1 aromatic carbocycles. The Labute approximate surface area is 361 Å². The molecule has 61 heavy (non-hydrogen) atoms. The molecule has 3 aliphatic heterocycles. The first-order valence-electron chi connectivity index (χ1n) is 21.8. The van der Waals surface area contributed by atoms with E-state index in [1.807, 2.05) is 42.7 Å². The molecule has 5 atom stereocenters. The molecule has 17 heteroatoms. The van der Waals surface area contributed by atoms with Crippen molar-refractivity contribution in [2.75, 3.05) is 26.7 Å². The molecule has 5 amide bonds. The van der Waals surface area contributed by atoms with E-state index in [1.54, 1.807) is 12.0 Å². The van der Waals surface area contributed by atoms with Crippen LogP contribution in [-0.4, -0.2) is 108 Å². The number of amides is 5. The quantitative estimate of drug-likeness (QED) is 0.225. The van der Waals surface area contributed by atoms with Gasteiger partial charge in [0.2, 0.25) is 21.8 Å². The highest BCUT2D eigenvalue weighted by molar-refractivity contribution is 7.91. The van der Waals surface area contributed by atoms with Gasteiger partial charge in [0, 0.05) is 47.8 Å². The number of methoxy groups -OCH3 is 1. The molecule has 8 rings (SSSR count). The number of likely N-dealkylation sites (tertiary alicyclic amines) is 1. The number of nitrogens with one attached hydrogen (secondary N) is 3. The number of ether oxygens (including phenoxy) is 2. The minimum Gasteiger partial charge on any atom is -0.496 e. The van der Waals surface area contributed by atoms with Crippen LogP contribution in [0.4, 0.5) is 4.79 Å². The van der Waals surface area contributed by atoms with Gasteiger partial charge in [-0.15, -0.1) is 11.3 Å². The molecule has 0 radical (unpaired) electrons. The number of fused-ring (bicyclic) bond motifs is 3. The minimum atomic E-state index is -3.90. The Bertz CT molecular complexity index is 2320. The smallest absolute Gasteiger partial charge is 0.318 e. The van der Waals surface area contributed by atoms with E-state index in [1.165, 1.54) is 16.2 Å². The van der Waals surface area contributed by atoms with E-state index in [4.69, 9.17) is 19.4 Å². The first-order valence-corrected chi connectivity index (χ1v) is 24.2. The zero-order chi connectivity index (χ0) is 43.1. The number of thiazole rings is 1. The van der Waals surface area contributed by atoms with Gasteiger partial charge >= 0.3 is 6.03 Å². The fraction of sp³-hybridized carbons (Fsp3) is 0.591.